The van der Waals surface area contributed by atoms with Gasteiger partial charge in [-0.15, -0.1) is 22.7 Å². The number of fused-ring (bicyclic) bond motifs is 7. The highest BCUT2D eigenvalue weighted by molar-refractivity contribution is 7.33. The average Bonchev–Trinajstić information content (AvgIpc) is 4.16. The Morgan fingerprint density at radius 1 is 0.459 bits per heavy atom. The van der Waals surface area contributed by atoms with Crippen LogP contribution in [-0.2, 0) is 0 Å². The van der Waals surface area contributed by atoms with E-state index in [-0.39, 0.29) is 18.1 Å². The third-order valence-electron chi connectivity index (χ3n) is 13.5. The van der Waals surface area contributed by atoms with Crippen LogP contribution in [0.1, 0.15) is 19.6 Å². The van der Waals surface area contributed by atoms with E-state index in [1.165, 1.54) is 27.0 Å². The summed E-state index contributed by atoms with van der Waals surface area (Å²) in [6.07, 6.45) is 0. The normalized spacial score (nSPS) is 13.7. The number of aromatic nitrogens is 2. The first-order chi connectivity index (χ1) is 38.9. The first-order valence-corrected chi connectivity index (χ1v) is 26.3. The third kappa shape index (κ3) is 7.88. The zero-order valence-corrected chi connectivity index (χ0v) is 41.9. The molecule has 0 fully saturated rings. The number of aryl methyl sites for hydroxylation is 2. The summed E-state index contributed by atoms with van der Waals surface area (Å²) in [5.74, 6) is 0. The summed E-state index contributed by atoms with van der Waals surface area (Å²) in [4.78, 5) is 19.5. The number of para-hydroxylation sites is 6. The molecule has 0 N–H and O–H groups in total. The second kappa shape index (κ2) is 19.2. The van der Waals surface area contributed by atoms with Crippen molar-refractivity contribution in [2.45, 2.75) is 13.7 Å². The van der Waals surface area contributed by atoms with Gasteiger partial charge in [0, 0.05) is 86.0 Å². The van der Waals surface area contributed by atoms with E-state index in [1.54, 1.807) is 23.5 Å². The second-order valence-electron chi connectivity index (χ2n) is 17.9. The lowest BCUT2D eigenvalue weighted by molar-refractivity contribution is 1.25. The fourth-order valence-electron chi connectivity index (χ4n) is 10.4. The lowest BCUT2D eigenvalue weighted by Crippen LogP contribution is -2.60. The summed E-state index contributed by atoms with van der Waals surface area (Å²) in [5.41, 5.74) is 14.7. The van der Waals surface area contributed by atoms with E-state index in [9.17, 15) is 0 Å². The Hall–Kier alpha value is -8.47. The molecule has 2 aliphatic heterocycles. The van der Waals surface area contributed by atoms with Crippen molar-refractivity contribution in [1.29, 1.82) is 0 Å². The summed E-state index contributed by atoms with van der Waals surface area (Å²) >= 11 is 10.4. The molecule has 0 radical (unpaired) electrons. The van der Waals surface area contributed by atoms with Crippen LogP contribution in [0, 0.1) is 13.7 Å². The molecular weight excluding hydrogens is 963 g/mol. The van der Waals surface area contributed by atoms with Crippen molar-refractivity contribution in [2.75, 3.05) is 19.6 Å². The molecule has 6 nitrogen and oxygen atoms in total. The van der Waals surface area contributed by atoms with Gasteiger partial charge in [0.25, 0.3) is 6.71 Å². The van der Waals surface area contributed by atoms with Gasteiger partial charge >= 0.3 is 0 Å². The molecule has 0 amide bonds. The molecule has 10 heteroatoms. The molecular formula is C64H46BClN6S2. The maximum Gasteiger partial charge on any atom is 0.264 e. The van der Waals surface area contributed by atoms with Crippen LogP contribution in [-0.4, -0.2) is 16.7 Å². The molecule has 6 heterocycles. The first kappa shape index (κ1) is 39.1. The lowest BCUT2D eigenvalue weighted by atomic mass is 9.36. The molecule has 354 valence electrons. The van der Waals surface area contributed by atoms with Gasteiger partial charge < -0.3 is 19.6 Å². The van der Waals surface area contributed by atoms with E-state index >= 15 is 0 Å². The molecule has 2 aliphatic rings. The molecule has 0 atom stereocenters. The van der Waals surface area contributed by atoms with Crippen molar-refractivity contribution in [2.24, 2.45) is 0 Å². The summed E-state index contributed by atoms with van der Waals surface area (Å²) in [6, 6.07) is 79.4. The minimum absolute atomic E-state index is 0.00673. The van der Waals surface area contributed by atoms with E-state index in [0.717, 1.165) is 83.9 Å². The number of thiophene rings is 2. The number of halogens is 1. The van der Waals surface area contributed by atoms with E-state index in [1.807, 2.05) is 115 Å². The predicted molar refractivity (Wildman–Crippen MR) is 317 cm³/mol. The van der Waals surface area contributed by atoms with Crippen LogP contribution in [0.3, 0.4) is 0 Å². The molecule has 0 saturated heterocycles. The molecule has 74 heavy (non-hydrogen) atoms. The van der Waals surface area contributed by atoms with Gasteiger partial charge in [-0.25, -0.2) is 9.97 Å². The highest BCUT2D eigenvalue weighted by Crippen LogP contribution is 2.50. The molecule has 4 aromatic heterocycles. The summed E-state index contributed by atoms with van der Waals surface area (Å²) in [5, 5.41) is 4.40. The second-order valence-corrected chi connectivity index (χ2v) is 20.1. The maximum absolute atomic E-state index is 7.96. The fraction of sp³-hybridized carbons (Fsp3) is 0.0312. The Bertz CT molecular complexity index is 4190. The SMILES string of the molecule is [2H]C([2H])([2H])c1ccc2c(N(c3ccccc3)c3cccc(N(c4ccccc4)c4ccccc4)c3Cl)csc2n1.[2H]C([2H])([2H])c1ccc2c3c(sc2n1)B1c2ccccc2N(c2ccccc2)c2cccc(c21)N3c1ccccc1. The number of benzene rings is 8. The van der Waals surface area contributed by atoms with Crippen LogP contribution in [0.2, 0.25) is 5.02 Å². The largest absolute Gasteiger partial charge is 0.311 e. The van der Waals surface area contributed by atoms with Crippen molar-refractivity contribution < 1.29 is 8.22 Å². The zero-order valence-electron chi connectivity index (χ0n) is 45.5. The molecule has 0 bridgehead atoms. The fourth-order valence-corrected chi connectivity index (χ4v) is 12.9. The van der Waals surface area contributed by atoms with E-state index in [2.05, 4.69) is 145 Å². The van der Waals surface area contributed by atoms with Crippen LogP contribution >= 0.6 is 34.3 Å². The van der Waals surface area contributed by atoms with Gasteiger partial charge in [0.1, 0.15) is 9.66 Å². The molecule has 0 saturated carbocycles. The predicted octanol–water partition coefficient (Wildman–Crippen LogP) is 16.9. The lowest BCUT2D eigenvalue weighted by Gasteiger charge is -2.42. The van der Waals surface area contributed by atoms with E-state index < -0.39 is 13.7 Å². The minimum atomic E-state index is -2.27. The summed E-state index contributed by atoms with van der Waals surface area (Å²) < 4.78 is 48.4. The van der Waals surface area contributed by atoms with Crippen molar-refractivity contribution in [3.8, 4) is 0 Å². The molecule has 14 rings (SSSR count). The van der Waals surface area contributed by atoms with Gasteiger partial charge in [0.15, 0.2) is 0 Å². The van der Waals surface area contributed by atoms with Gasteiger partial charge in [0.05, 0.1) is 27.8 Å². The average molecular weight is 1020 g/mol. The van der Waals surface area contributed by atoms with E-state index in [4.69, 9.17) is 19.8 Å². The molecule has 12 aromatic rings. The summed E-state index contributed by atoms with van der Waals surface area (Å²) in [7, 11) is 0. The quantitative estimate of drug-likeness (QED) is 0.141. The van der Waals surface area contributed by atoms with Crippen LogP contribution in [0.15, 0.2) is 242 Å². The van der Waals surface area contributed by atoms with Crippen LogP contribution in [0.25, 0.3) is 20.4 Å². The van der Waals surface area contributed by atoms with Crippen LogP contribution < -0.4 is 35.3 Å². The van der Waals surface area contributed by atoms with Gasteiger partial charge in [-0.2, -0.15) is 0 Å². The van der Waals surface area contributed by atoms with Crippen LogP contribution in [0.5, 0.6) is 0 Å². The number of nitrogens with zero attached hydrogens (tertiary/aromatic N) is 6. The number of anilines is 12. The number of pyridine rings is 2. The smallest absolute Gasteiger partial charge is 0.264 e. The third-order valence-corrected chi connectivity index (χ3v) is 15.9. The van der Waals surface area contributed by atoms with Crippen LogP contribution in [0.4, 0.5) is 68.2 Å². The minimum Gasteiger partial charge on any atom is -0.311 e. The topological polar surface area (TPSA) is 38.7 Å². The highest BCUT2D eigenvalue weighted by atomic mass is 35.5. The van der Waals surface area contributed by atoms with Crippen molar-refractivity contribution in [3.05, 3.63) is 258 Å². The molecule has 0 spiro atoms. The Balaban J connectivity index is 0.000000151. The number of rotatable bonds is 8. The molecule has 8 aromatic carbocycles. The molecule has 0 aliphatic carbocycles. The van der Waals surface area contributed by atoms with Crippen molar-refractivity contribution in [3.63, 3.8) is 0 Å². The molecule has 0 unspecified atom stereocenters. The van der Waals surface area contributed by atoms with Gasteiger partial charge in [0.2, 0.25) is 0 Å². The van der Waals surface area contributed by atoms with Crippen molar-refractivity contribution in [1.82, 2.24) is 9.97 Å². The van der Waals surface area contributed by atoms with Crippen molar-refractivity contribution >= 4 is 145 Å². The highest BCUT2D eigenvalue weighted by Gasteiger charge is 2.45. The van der Waals surface area contributed by atoms with E-state index in [0.29, 0.717) is 9.85 Å². The maximum atomic E-state index is 7.96. The summed E-state index contributed by atoms with van der Waals surface area (Å²) in [6.45, 7) is -4.54. The Morgan fingerprint density at radius 2 is 0.946 bits per heavy atom. The van der Waals surface area contributed by atoms with Gasteiger partial charge in [-0.3, -0.25) is 0 Å². The number of hydrogen-bond acceptors (Lipinski definition) is 8. The Kier molecular flexibility index (Phi) is 10.1. The first-order valence-electron chi connectivity index (χ1n) is 27.2. The Morgan fingerprint density at radius 3 is 1.57 bits per heavy atom. The zero-order chi connectivity index (χ0) is 54.7. The van der Waals surface area contributed by atoms with Gasteiger partial charge in [-0.05, 0) is 140 Å². The Labute approximate surface area is 452 Å². The van der Waals surface area contributed by atoms with Gasteiger partial charge in [-0.1, -0.05) is 133 Å². The standard InChI is InChI=1S/C32H22BN3S.C32H24ClN3S/c1-21-19-20-24-30-31(37-32(24)34-21)33-25-15-8-9-16-26(25)35(22-11-4-2-5-12-22)27-17-10-18-28(29(27)33)36(30)23-13-6-3-7-14-23;1-23-20-21-27-30(22-37-32(27)34-23)36(26-16-9-4-10-17-26)29-19-11-18-28(31(29)33)35(24-12-5-2-6-13-24)25-14-7-3-8-15-25/h2-20H,1H3;2-22H,1H3/i2*1D3. The monoisotopic (exact) mass is 1010 g/mol. The number of hydrogen-bond donors (Lipinski definition) is 0.